The van der Waals surface area contributed by atoms with Gasteiger partial charge in [-0.1, -0.05) is 29.3 Å². The van der Waals surface area contributed by atoms with Crippen LogP contribution in [0.15, 0.2) is 18.2 Å². The minimum Gasteiger partial charge on any atom is -0.375 e. The van der Waals surface area contributed by atoms with Crippen LogP contribution in [0.2, 0.25) is 10.0 Å². The van der Waals surface area contributed by atoms with Crippen molar-refractivity contribution in [1.29, 1.82) is 0 Å². The van der Waals surface area contributed by atoms with Crippen molar-refractivity contribution in [2.24, 2.45) is 0 Å². The summed E-state index contributed by atoms with van der Waals surface area (Å²) in [5.41, 5.74) is 0.497. The van der Waals surface area contributed by atoms with Gasteiger partial charge < -0.3 is 10.1 Å². The molecule has 1 saturated carbocycles. The van der Waals surface area contributed by atoms with Crippen LogP contribution in [0.1, 0.15) is 25.7 Å². The molecule has 2 atom stereocenters. The number of fused-ring (bicyclic) bond motifs is 1. The number of rotatable bonds is 4. The van der Waals surface area contributed by atoms with Gasteiger partial charge in [-0.3, -0.25) is 9.69 Å². The van der Waals surface area contributed by atoms with Gasteiger partial charge in [0.15, 0.2) is 0 Å². The van der Waals surface area contributed by atoms with E-state index in [1.807, 2.05) is 0 Å². The van der Waals surface area contributed by atoms with E-state index in [0.29, 0.717) is 34.3 Å². The summed E-state index contributed by atoms with van der Waals surface area (Å²) in [4.78, 5) is 14.5. The minimum absolute atomic E-state index is 0.0592. The maximum absolute atomic E-state index is 12.2. The summed E-state index contributed by atoms with van der Waals surface area (Å²) in [5, 5.41) is 3.74. The number of hydrogen-bond acceptors (Lipinski definition) is 3. The molecule has 2 fully saturated rings. The van der Waals surface area contributed by atoms with Crippen LogP contribution in [0.25, 0.3) is 0 Å². The van der Waals surface area contributed by atoms with Gasteiger partial charge in [-0.05, 0) is 31.4 Å². The number of nitrogens with one attached hydrogen (secondary N) is 1. The van der Waals surface area contributed by atoms with E-state index in [0.717, 1.165) is 26.1 Å². The molecule has 0 bridgehead atoms. The van der Waals surface area contributed by atoms with E-state index in [2.05, 4.69) is 10.2 Å². The lowest BCUT2D eigenvalue weighted by molar-refractivity contribution is -0.117. The SMILES string of the molecule is O=C(CCN1CCO[C@@H]2CCC[C@H]21)Nc1c(Cl)cccc1Cl. The highest BCUT2D eigenvalue weighted by atomic mass is 35.5. The Kier molecular flexibility index (Phi) is 5.24. The Balaban J connectivity index is 1.54. The largest absolute Gasteiger partial charge is 0.375 e. The first-order valence-electron chi connectivity index (χ1n) is 7.74. The van der Waals surface area contributed by atoms with Gasteiger partial charge in [-0.25, -0.2) is 0 Å². The number of amides is 1. The first kappa shape index (κ1) is 16.1. The molecule has 1 N–H and O–H groups in total. The summed E-state index contributed by atoms with van der Waals surface area (Å²) < 4.78 is 5.79. The smallest absolute Gasteiger partial charge is 0.225 e. The summed E-state index contributed by atoms with van der Waals surface area (Å²) in [7, 11) is 0. The number of hydrogen-bond donors (Lipinski definition) is 1. The fourth-order valence-electron chi connectivity index (χ4n) is 3.35. The molecule has 22 heavy (non-hydrogen) atoms. The van der Waals surface area contributed by atoms with Crippen molar-refractivity contribution in [3.05, 3.63) is 28.2 Å². The Morgan fingerprint density at radius 3 is 2.86 bits per heavy atom. The van der Waals surface area contributed by atoms with E-state index in [1.54, 1.807) is 18.2 Å². The Morgan fingerprint density at radius 1 is 1.32 bits per heavy atom. The topological polar surface area (TPSA) is 41.6 Å². The second kappa shape index (κ2) is 7.18. The summed E-state index contributed by atoms with van der Waals surface area (Å²) >= 11 is 12.1. The third kappa shape index (κ3) is 3.57. The van der Waals surface area contributed by atoms with Crippen molar-refractivity contribution in [3.63, 3.8) is 0 Å². The van der Waals surface area contributed by atoms with Gasteiger partial charge in [0.25, 0.3) is 0 Å². The van der Waals surface area contributed by atoms with E-state index in [4.69, 9.17) is 27.9 Å². The number of ether oxygens (including phenoxy) is 1. The molecule has 6 heteroatoms. The van der Waals surface area contributed by atoms with Crippen molar-refractivity contribution >= 4 is 34.8 Å². The molecular weight excluding hydrogens is 323 g/mol. The van der Waals surface area contributed by atoms with Crippen LogP contribution in [0, 0.1) is 0 Å². The first-order chi connectivity index (χ1) is 10.6. The number of anilines is 1. The van der Waals surface area contributed by atoms with Crippen LogP contribution < -0.4 is 5.32 Å². The number of carbonyl (C=O) groups excluding carboxylic acids is 1. The monoisotopic (exact) mass is 342 g/mol. The standard InChI is InChI=1S/C16H20Cl2N2O2/c17-11-3-1-4-12(18)16(11)19-15(21)7-8-20-9-10-22-14-6-2-5-13(14)20/h1,3-4,13-14H,2,5-10H2,(H,19,21)/t13-,14-/m1/s1. The number of para-hydroxylation sites is 1. The van der Waals surface area contributed by atoms with Gasteiger partial charge in [-0.2, -0.15) is 0 Å². The molecule has 4 nitrogen and oxygen atoms in total. The molecule has 0 unspecified atom stereocenters. The van der Waals surface area contributed by atoms with Gasteiger partial charge in [0, 0.05) is 25.6 Å². The average Bonchev–Trinajstić information content (AvgIpc) is 2.98. The van der Waals surface area contributed by atoms with Crippen molar-refractivity contribution < 1.29 is 9.53 Å². The van der Waals surface area contributed by atoms with E-state index >= 15 is 0 Å². The third-order valence-corrected chi connectivity index (χ3v) is 5.08. The van der Waals surface area contributed by atoms with Crippen molar-refractivity contribution in [2.45, 2.75) is 37.8 Å². The highest BCUT2D eigenvalue weighted by molar-refractivity contribution is 6.39. The molecule has 1 heterocycles. The number of morpholine rings is 1. The average molecular weight is 343 g/mol. The molecular formula is C16H20Cl2N2O2. The normalized spacial score (nSPS) is 25.0. The number of carbonyl (C=O) groups is 1. The molecule has 3 rings (SSSR count). The second-order valence-electron chi connectivity index (χ2n) is 5.84. The Labute approximate surface area is 140 Å². The predicted octanol–water partition coefficient (Wildman–Crippen LogP) is 3.58. The van der Waals surface area contributed by atoms with Crippen LogP contribution in [0.3, 0.4) is 0 Å². The van der Waals surface area contributed by atoms with Gasteiger partial charge in [0.1, 0.15) is 0 Å². The molecule has 0 spiro atoms. The third-order valence-electron chi connectivity index (χ3n) is 4.45. The lowest BCUT2D eigenvalue weighted by Crippen LogP contribution is -2.49. The lowest BCUT2D eigenvalue weighted by Gasteiger charge is -2.37. The maximum Gasteiger partial charge on any atom is 0.225 e. The zero-order valence-electron chi connectivity index (χ0n) is 12.4. The van der Waals surface area contributed by atoms with Crippen LogP contribution in [-0.2, 0) is 9.53 Å². The fourth-order valence-corrected chi connectivity index (χ4v) is 3.84. The van der Waals surface area contributed by atoms with Crippen molar-refractivity contribution in [2.75, 3.05) is 25.0 Å². The van der Waals surface area contributed by atoms with Crippen LogP contribution in [0.4, 0.5) is 5.69 Å². The number of nitrogens with zero attached hydrogens (tertiary/aromatic N) is 1. The van der Waals surface area contributed by atoms with Gasteiger partial charge >= 0.3 is 0 Å². The Hall–Kier alpha value is -0.810. The molecule has 120 valence electrons. The molecule has 0 radical (unpaired) electrons. The van der Waals surface area contributed by atoms with Crippen LogP contribution in [0.5, 0.6) is 0 Å². The van der Waals surface area contributed by atoms with Crippen molar-refractivity contribution in [3.8, 4) is 0 Å². The summed E-state index contributed by atoms with van der Waals surface area (Å²) in [6.07, 6.45) is 4.32. The minimum atomic E-state index is -0.0592. The number of benzene rings is 1. The molecule has 1 saturated heterocycles. The first-order valence-corrected chi connectivity index (χ1v) is 8.50. The van der Waals surface area contributed by atoms with E-state index in [-0.39, 0.29) is 5.91 Å². The molecule has 1 aliphatic carbocycles. The predicted molar refractivity (Wildman–Crippen MR) is 88.7 cm³/mol. The van der Waals surface area contributed by atoms with E-state index in [1.165, 1.54) is 12.8 Å². The Bertz CT molecular complexity index is 533. The molecule has 0 aromatic heterocycles. The number of halogens is 2. The Morgan fingerprint density at radius 2 is 2.09 bits per heavy atom. The molecule has 1 amide bonds. The molecule has 1 aromatic rings. The van der Waals surface area contributed by atoms with Gasteiger partial charge in [0.2, 0.25) is 5.91 Å². The highest BCUT2D eigenvalue weighted by Gasteiger charge is 2.35. The molecule has 2 aliphatic rings. The van der Waals surface area contributed by atoms with Crippen molar-refractivity contribution in [1.82, 2.24) is 4.90 Å². The van der Waals surface area contributed by atoms with Crippen LogP contribution >= 0.6 is 23.2 Å². The quantitative estimate of drug-likeness (QED) is 0.909. The fraction of sp³-hybridized carbons (Fsp3) is 0.562. The summed E-state index contributed by atoms with van der Waals surface area (Å²) in [6, 6.07) is 5.67. The summed E-state index contributed by atoms with van der Waals surface area (Å²) in [6.45, 7) is 2.42. The van der Waals surface area contributed by atoms with Gasteiger partial charge in [-0.15, -0.1) is 0 Å². The van der Waals surface area contributed by atoms with Crippen LogP contribution in [-0.4, -0.2) is 42.6 Å². The second-order valence-corrected chi connectivity index (χ2v) is 6.65. The zero-order valence-corrected chi connectivity index (χ0v) is 13.9. The maximum atomic E-state index is 12.2. The van der Waals surface area contributed by atoms with E-state index < -0.39 is 0 Å². The highest BCUT2D eigenvalue weighted by Crippen LogP contribution is 2.31. The molecule has 1 aliphatic heterocycles. The summed E-state index contributed by atoms with van der Waals surface area (Å²) in [5.74, 6) is -0.0592. The zero-order chi connectivity index (χ0) is 15.5. The van der Waals surface area contributed by atoms with Gasteiger partial charge in [0.05, 0.1) is 28.4 Å². The molecule has 1 aromatic carbocycles. The lowest BCUT2D eigenvalue weighted by atomic mass is 10.1. The van der Waals surface area contributed by atoms with E-state index in [9.17, 15) is 4.79 Å².